The Morgan fingerprint density at radius 1 is 0.800 bits per heavy atom. The zero-order valence-electron chi connectivity index (χ0n) is 14.3. The Hall–Kier alpha value is -1.71. The number of rotatable bonds is 2. The van der Waals surface area contributed by atoms with Crippen molar-refractivity contribution >= 4 is 11.7 Å². The Morgan fingerprint density at radius 2 is 1.36 bits per heavy atom. The van der Waals surface area contributed by atoms with Crippen LogP contribution in [0.1, 0.15) is 0 Å². The number of para-hydroxylation sites is 1. The average Bonchev–Trinajstić information content (AvgIpc) is 2.62. The first-order chi connectivity index (χ1) is 12.3. The van der Waals surface area contributed by atoms with E-state index in [-0.39, 0.29) is 12.6 Å². The van der Waals surface area contributed by atoms with Crippen molar-refractivity contribution in [3.05, 3.63) is 30.3 Å². The molecule has 1 fully saturated rings. The molecule has 2 N–H and O–H groups in total. The lowest BCUT2D eigenvalue weighted by Crippen LogP contribution is -2.43. The SMILES string of the molecule is O=C(Nc1ccccc1)NC1COCCOCCOCCOCCO1. The topological polar surface area (TPSA) is 87.3 Å². The minimum absolute atomic E-state index is 0.224. The minimum atomic E-state index is -0.575. The lowest BCUT2D eigenvalue weighted by molar-refractivity contribution is -0.0532. The van der Waals surface area contributed by atoms with E-state index in [1.54, 1.807) is 12.1 Å². The second-order valence-corrected chi connectivity index (χ2v) is 5.24. The van der Waals surface area contributed by atoms with E-state index in [0.717, 1.165) is 0 Å². The van der Waals surface area contributed by atoms with E-state index in [1.165, 1.54) is 0 Å². The van der Waals surface area contributed by atoms with Crippen LogP contribution in [0.4, 0.5) is 10.5 Å². The summed E-state index contributed by atoms with van der Waals surface area (Å²) >= 11 is 0. The number of carbonyl (C=O) groups is 1. The van der Waals surface area contributed by atoms with Crippen LogP contribution < -0.4 is 10.6 Å². The van der Waals surface area contributed by atoms with Gasteiger partial charge < -0.3 is 34.3 Å². The smallest absolute Gasteiger partial charge is 0.321 e. The van der Waals surface area contributed by atoms with E-state index in [0.29, 0.717) is 58.5 Å². The Bertz CT molecular complexity index is 457. The van der Waals surface area contributed by atoms with Gasteiger partial charge in [0.1, 0.15) is 0 Å². The number of carbonyl (C=O) groups excluding carboxylic acids is 1. The first-order valence-electron chi connectivity index (χ1n) is 8.40. The monoisotopic (exact) mass is 354 g/mol. The van der Waals surface area contributed by atoms with Crippen LogP contribution >= 0.6 is 0 Å². The highest BCUT2D eigenvalue weighted by molar-refractivity contribution is 5.89. The van der Waals surface area contributed by atoms with Gasteiger partial charge in [0, 0.05) is 5.69 Å². The number of hydrogen-bond donors (Lipinski definition) is 2. The van der Waals surface area contributed by atoms with E-state index in [9.17, 15) is 4.79 Å². The Kier molecular flexibility index (Phi) is 9.90. The van der Waals surface area contributed by atoms with Gasteiger partial charge in [-0.1, -0.05) is 18.2 Å². The third-order valence-electron chi connectivity index (χ3n) is 3.26. The van der Waals surface area contributed by atoms with E-state index < -0.39 is 6.23 Å². The van der Waals surface area contributed by atoms with Crippen molar-refractivity contribution < 1.29 is 28.5 Å². The zero-order chi connectivity index (χ0) is 17.6. The molecule has 2 amide bonds. The highest BCUT2D eigenvalue weighted by Crippen LogP contribution is 2.04. The Morgan fingerprint density at radius 3 is 2.00 bits per heavy atom. The fourth-order valence-electron chi connectivity index (χ4n) is 2.07. The number of amides is 2. The largest absolute Gasteiger partial charge is 0.377 e. The van der Waals surface area contributed by atoms with Crippen LogP contribution in [0.2, 0.25) is 0 Å². The number of benzene rings is 1. The summed E-state index contributed by atoms with van der Waals surface area (Å²) in [7, 11) is 0. The van der Waals surface area contributed by atoms with Gasteiger partial charge in [-0.25, -0.2) is 4.79 Å². The molecule has 2 rings (SSSR count). The minimum Gasteiger partial charge on any atom is -0.377 e. The zero-order valence-corrected chi connectivity index (χ0v) is 14.3. The molecule has 1 aromatic carbocycles. The summed E-state index contributed by atoms with van der Waals surface area (Å²) in [5, 5.41) is 5.49. The predicted octanol–water partition coefficient (Wildman–Crippen LogP) is 1.23. The molecule has 0 aromatic heterocycles. The second kappa shape index (κ2) is 12.6. The summed E-state index contributed by atoms with van der Waals surface area (Å²) in [4.78, 5) is 12.1. The van der Waals surface area contributed by atoms with Crippen molar-refractivity contribution in [2.75, 3.05) is 64.8 Å². The van der Waals surface area contributed by atoms with Gasteiger partial charge in [-0.2, -0.15) is 0 Å². The van der Waals surface area contributed by atoms with E-state index in [2.05, 4.69) is 10.6 Å². The molecule has 1 aliphatic heterocycles. The van der Waals surface area contributed by atoms with Crippen molar-refractivity contribution in [1.82, 2.24) is 5.32 Å². The quantitative estimate of drug-likeness (QED) is 0.831. The van der Waals surface area contributed by atoms with Gasteiger partial charge in [-0.3, -0.25) is 0 Å². The van der Waals surface area contributed by atoms with E-state index in [4.69, 9.17) is 23.7 Å². The Labute approximate surface area is 147 Å². The standard InChI is InChI=1S/C17H26N2O6/c20-17(18-15-4-2-1-3-5-15)19-16-14-24-11-10-22-7-6-21-8-9-23-12-13-25-16/h1-5,16H,6-14H2,(H2,18,19,20). The van der Waals surface area contributed by atoms with Crippen molar-refractivity contribution in [1.29, 1.82) is 0 Å². The van der Waals surface area contributed by atoms with E-state index in [1.807, 2.05) is 18.2 Å². The van der Waals surface area contributed by atoms with Crippen LogP contribution in [0, 0.1) is 0 Å². The average molecular weight is 354 g/mol. The van der Waals surface area contributed by atoms with Crippen LogP contribution in [-0.2, 0) is 23.7 Å². The molecule has 0 saturated carbocycles. The lowest BCUT2D eigenvalue weighted by Gasteiger charge is -2.20. The Balaban J connectivity index is 1.76. The van der Waals surface area contributed by atoms with Gasteiger partial charge in [0.15, 0.2) is 6.23 Å². The number of hydrogen-bond acceptors (Lipinski definition) is 6. The fourth-order valence-corrected chi connectivity index (χ4v) is 2.07. The molecule has 1 unspecified atom stereocenters. The highest BCUT2D eigenvalue weighted by Gasteiger charge is 2.13. The molecule has 0 aliphatic carbocycles. The van der Waals surface area contributed by atoms with Crippen LogP contribution in [0.15, 0.2) is 30.3 Å². The van der Waals surface area contributed by atoms with Crippen molar-refractivity contribution in [2.45, 2.75) is 6.23 Å². The fraction of sp³-hybridized carbons (Fsp3) is 0.588. The van der Waals surface area contributed by atoms with Gasteiger partial charge in [-0.15, -0.1) is 0 Å². The number of nitrogens with one attached hydrogen (secondary N) is 2. The molecule has 0 spiro atoms. The summed E-state index contributed by atoms with van der Waals surface area (Å²) in [6.45, 7) is 3.91. The first kappa shape index (κ1) is 19.6. The molecule has 140 valence electrons. The molecule has 0 radical (unpaired) electrons. The van der Waals surface area contributed by atoms with Crippen LogP contribution in [-0.4, -0.2) is 71.7 Å². The van der Waals surface area contributed by atoms with E-state index >= 15 is 0 Å². The lowest BCUT2D eigenvalue weighted by atomic mass is 10.3. The molecule has 25 heavy (non-hydrogen) atoms. The molecule has 1 aromatic rings. The summed E-state index contributed by atoms with van der Waals surface area (Å²) in [6.07, 6.45) is -0.575. The highest BCUT2D eigenvalue weighted by atomic mass is 16.6. The third-order valence-corrected chi connectivity index (χ3v) is 3.26. The summed E-state index contributed by atoms with van der Waals surface area (Å²) < 4.78 is 27.2. The van der Waals surface area contributed by atoms with Gasteiger partial charge in [-0.05, 0) is 12.1 Å². The number of ether oxygens (including phenoxy) is 5. The second-order valence-electron chi connectivity index (χ2n) is 5.24. The van der Waals surface area contributed by atoms with Gasteiger partial charge in [0.25, 0.3) is 0 Å². The summed E-state index contributed by atoms with van der Waals surface area (Å²) in [5.41, 5.74) is 0.704. The van der Waals surface area contributed by atoms with Crippen LogP contribution in [0.5, 0.6) is 0 Å². The van der Waals surface area contributed by atoms with Gasteiger partial charge in [0.05, 0.1) is 59.5 Å². The van der Waals surface area contributed by atoms with Crippen LogP contribution in [0.3, 0.4) is 0 Å². The number of anilines is 1. The van der Waals surface area contributed by atoms with Crippen molar-refractivity contribution in [2.24, 2.45) is 0 Å². The van der Waals surface area contributed by atoms with Crippen molar-refractivity contribution in [3.63, 3.8) is 0 Å². The first-order valence-corrected chi connectivity index (χ1v) is 8.40. The number of urea groups is 1. The molecule has 1 saturated heterocycles. The molecule has 8 nitrogen and oxygen atoms in total. The maximum absolute atomic E-state index is 12.1. The van der Waals surface area contributed by atoms with Gasteiger partial charge in [0.2, 0.25) is 0 Å². The molecule has 1 aliphatic rings. The molecule has 1 heterocycles. The molecular formula is C17H26N2O6. The maximum Gasteiger partial charge on any atom is 0.321 e. The van der Waals surface area contributed by atoms with Crippen LogP contribution in [0.25, 0.3) is 0 Å². The predicted molar refractivity (Wildman–Crippen MR) is 91.6 cm³/mol. The molecule has 1 atom stereocenters. The molecule has 0 bridgehead atoms. The molecular weight excluding hydrogens is 328 g/mol. The van der Waals surface area contributed by atoms with Crippen molar-refractivity contribution in [3.8, 4) is 0 Å². The normalized spacial score (nSPS) is 21.5. The molecule has 8 heteroatoms. The summed E-state index contributed by atoms with van der Waals surface area (Å²) in [6, 6.07) is 8.83. The summed E-state index contributed by atoms with van der Waals surface area (Å²) in [5.74, 6) is 0. The van der Waals surface area contributed by atoms with Gasteiger partial charge >= 0.3 is 6.03 Å². The third kappa shape index (κ3) is 9.37. The maximum atomic E-state index is 12.1.